The minimum Gasteiger partial charge on any atom is -0.293 e. The van der Waals surface area contributed by atoms with Gasteiger partial charge in [-0.15, -0.1) is 0 Å². The van der Waals surface area contributed by atoms with Gasteiger partial charge in [0.2, 0.25) is 0 Å². The van der Waals surface area contributed by atoms with Gasteiger partial charge in [0.25, 0.3) is 0 Å². The van der Waals surface area contributed by atoms with Gasteiger partial charge in [0.1, 0.15) is 0 Å². The van der Waals surface area contributed by atoms with E-state index < -0.39 is 0 Å². The molecule has 0 atom stereocenters. The molecule has 0 fully saturated rings. The van der Waals surface area contributed by atoms with E-state index in [4.69, 9.17) is 0 Å². The fourth-order valence-corrected chi connectivity index (χ4v) is 0.851. The number of carbonyl (C=O) groups is 1. The summed E-state index contributed by atoms with van der Waals surface area (Å²) in [6, 6.07) is 0. The number of carbonyl (C=O) groups excluding carboxylic acids is 1. The first-order chi connectivity index (χ1) is 4.76. The molecule has 0 amide bonds. The van der Waals surface area contributed by atoms with Crippen molar-refractivity contribution in [2.75, 3.05) is 7.05 Å². The third-order valence-corrected chi connectivity index (χ3v) is 1.40. The molecule has 0 bridgehead atoms. The highest BCUT2D eigenvalue weighted by Crippen LogP contribution is 1.95. The summed E-state index contributed by atoms with van der Waals surface area (Å²) in [4.78, 5) is 15.0. The smallest absolute Gasteiger partial charge is 0.176 e. The summed E-state index contributed by atoms with van der Waals surface area (Å²) >= 11 is 0. The van der Waals surface area contributed by atoms with E-state index in [2.05, 4.69) is 4.99 Å². The molecule has 0 aliphatic rings. The predicted octanol–water partition coefficient (Wildman–Crippen LogP) is 1.84. The Morgan fingerprint density at radius 3 is 2.30 bits per heavy atom. The average Bonchev–Trinajstić information content (AvgIpc) is 1.91. The number of rotatable bonds is 4. The first-order valence-corrected chi connectivity index (χ1v) is 3.75. The van der Waals surface area contributed by atoms with Crippen LogP contribution < -0.4 is 0 Å². The van der Waals surface area contributed by atoms with E-state index >= 15 is 0 Å². The second-order valence-electron chi connectivity index (χ2n) is 2.20. The third-order valence-electron chi connectivity index (χ3n) is 1.40. The van der Waals surface area contributed by atoms with E-state index in [-0.39, 0.29) is 5.78 Å². The van der Waals surface area contributed by atoms with Crippen molar-refractivity contribution in [3.05, 3.63) is 0 Å². The Morgan fingerprint density at radius 1 is 1.40 bits per heavy atom. The van der Waals surface area contributed by atoms with Gasteiger partial charge in [0.05, 0.1) is 5.71 Å². The first-order valence-electron chi connectivity index (χ1n) is 3.75. The zero-order chi connectivity index (χ0) is 7.98. The van der Waals surface area contributed by atoms with E-state index in [0.717, 1.165) is 18.6 Å². The zero-order valence-electron chi connectivity index (χ0n) is 6.98. The molecule has 10 heavy (non-hydrogen) atoms. The van der Waals surface area contributed by atoms with Crippen molar-refractivity contribution < 1.29 is 4.79 Å². The standard InChI is InChI=1S/C8H15NO/c1-4-6-8(10)7(5-2)9-3/h4-6H2,1-3H3. The van der Waals surface area contributed by atoms with Crippen LogP contribution in [-0.2, 0) is 4.79 Å². The molecule has 2 heteroatoms. The van der Waals surface area contributed by atoms with E-state index in [0.29, 0.717) is 6.42 Å². The van der Waals surface area contributed by atoms with Gasteiger partial charge >= 0.3 is 0 Å². The maximum absolute atomic E-state index is 11.1. The minimum absolute atomic E-state index is 0.201. The predicted molar refractivity (Wildman–Crippen MR) is 43.6 cm³/mol. The van der Waals surface area contributed by atoms with Crippen LogP contribution in [-0.4, -0.2) is 18.5 Å². The first kappa shape index (κ1) is 9.34. The number of ketones is 1. The molecule has 0 saturated carbocycles. The Labute approximate surface area is 62.4 Å². The summed E-state index contributed by atoms with van der Waals surface area (Å²) in [7, 11) is 1.67. The molecule has 0 N–H and O–H groups in total. The highest BCUT2D eigenvalue weighted by Gasteiger charge is 2.05. The largest absolute Gasteiger partial charge is 0.293 e. The molecule has 0 radical (unpaired) electrons. The Kier molecular flexibility index (Phi) is 4.81. The van der Waals surface area contributed by atoms with Gasteiger partial charge in [-0.2, -0.15) is 0 Å². The van der Waals surface area contributed by atoms with Crippen molar-refractivity contribution in [3.8, 4) is 0 Å². The molecule has 0 aliphatic heterocycles. The summed E-state index contributed by atoms with van der Waals surface area (Å²) in [5, 5.41) is 0. The minimum atomic E-state index is 0.201. The van der Waals surface area contributed by atoms with Crippen molar-refractivity contribution in [1.29, 1.82) is 0 Å². The van der Waals surface area contributed by atoms with Gasteiger partial charge in [0.15, 0.2) is 5.78 Å². The Balaban J connectivity index is 3.91. The van der Waals surface area contributed by atoms with Crippen molar-refractivity contribution in [2.24, 2.45) is 4.99 Å². The lowest BCUT2D eigenvalue weighted by Gasteiger charge is -1.97. The van der Waals surface area contributed by atoms with E-state index in [1.165, 1.54) is 0 Å². The quantitative estimate of drug-likeness (QED) is 0.549. The molecule has 0 heterocycles. The normalized spacial score (nSPS) is 11.7. The summed E-state index contributed by atoms with van der Waals surface area (Å²) < 4.78 is 0. The van der Waals surface area contributed by atoms with Crippen LogP contribution in [0.5, 0.6) is 0 Å². The fraction of sp³-hybridized carbons (Fsp3) is 0.750. The summed E-state index contributed by atoms with van der Waals surface area (Å²) in [5.41, 5.74) is 0.724. The fourth-order valence-electron chi connectivity index (χ4n) is 0.851. The monoisotopic (exact) mass is 141 g/mol. The van der Waals surface area contributed by atoms with Crippen molar-refractivity contribution in [2.45, 2.75) is 33.1 Å². The number of Topliss-reactive ketones (excluding diaryl/α,β-unsaturated/α-hetero) is 1. The van der Waals surface area contributed by atoms with Gasteiger partial charge in [-0.3, -0.25) is 9.79 Å². The molecule has 0 aromatic heterocycles. The van der Waals surface area contributed by atoms with Crippen LogP contribution in [0.15, 0.2) is 4.99 Å². The van der Waals surface area contributed by atoms with E-state index in [1.54, 1.807) is 7.05 Å². The van der Waals surface area contributed by atoms with Crippen LogP contribution in [0.1, 0.15) is 33.1 Å². The molecule has 0 aromatic rings. The highest BCUT2D eigenvalue weighted by molar-refractivity contribution is 6.39. The van der Waals surface area contributed by atoms with Crippen LogP contribution in [0.3, 0.4) is 0 Å². The topological polar surface area (TPSA) is 29.4 Å². The Bertz CT molecular complexity index is 138. The van der Waals surface area contributed by atoms with Gasteiger partial charge in [-0.1, -0.05) is 13.8 Å². The lowest BCUT2D eigenvalue weighted by atomic mass is 10.1. The molecule has 0 rings (SSSR count). The van der Waals surface area contributed by atoms with Crippen molar-refractivity contribution in [3.63, 3.8) is 0 Å². The number of hydrogen-bond acceptors (Lipinski definition) is 2. The molecular formula is C8H15NO. The van der Waals surface area contributed by atoms with Gasteiger partial charge < -0.3 is 0 Å². The van der Waals surface area contributed by atoms with Crippen LogP contribution in [0.25, 0.3) is 0 Å². The van der Waals surface area contributed by atoms with Crippen molar-refractivity contribution in [1.82, 2.24) is 0 Å². The zero-order valence-corrected chi connectivity index (χ0v) is 6.98. The number of aliphatic imine (C=N–C) groups is 1. The van der Waals surface area contributed by atoms with E-state index in [1.807, 2.05) is 13.8 Å². The second-order valence-corrected chi connectivity index (χ2v) is 2.20. The number of nitrogens with zero attached hydrogens (tertiary/aromatic N) is 1. The maximum atomic E-state index is 11.1. The average molecular weight is 141 g/mol. The molecule has 0 aliphatic carbocycles. The SMILES string of the molecule is CCCC(=O)C(CC)=NC. The summed E-state index contributed by atoms with van der Waals surface area (Å²) in [6.45, 7) is 3.96. The summed E-state index contributed by atoms with van der Waals surface area (Å²) in [6.07, 6.45) is 2.31. The molecule has 0 saturated heterocycles. The lowest BCUT2D eigenvalue weighted by Crippen LogP contribution is -2.11. The molecule has 58 valence electrons. The van der Waals surface area contributed by atoms with E-state index in [9.17, 15) is 4.79 Å². The second kappa shape index (κ2) is 5.15. The van der Waals surface area contributed by atoms with Crippen LogP contribution >= 0.6 is 0 Å². The van der Waals surface area contributed by atoms with Gasteiger partial charge in [-0.25, -0.2) is 0 Å². The van der Waals surface area contributed by atoms with Gasteiger partial charge in [0, 0.05) is 13.5 Å². The maximum Gasteiger partial charge on any atom is 0.176 e. The Hall–Kier alpha value is -0.660. The number of hydrogen-bond donors (Lipinski definition) is 0. The van der Waals surface area contributed by atoms with Crippen LogP contribution in [0, 0.1) is 0 Å². The van der Waals surface area contributed by atoms with Gasteiger partial charge in [-0.05, 0) is 12.8 Å². The molecule has 2 nitrogen and oxygen atoms in total. The Morgan fingerprint density at radius 2 is 2.00 bits per heavy atom. The summed E-state index contributed by atoms with van der Waals surface area (Å²) in [5.74, 6) is 0.201. The van der Waals surface area contributed by atoms with Crippen molar-refractivity contribution >= 4 is 11.5 Å². The molecule has 0 unspecified atom stereocenters. The van der Waals surface area contributed by atoms with Crippen LogP contribution in [0.4, 0.5) is 0 Å². The highest BCUT2D eigenvalue weighted by atomic mass is 16.1. The lowest BCUT2D eigenvalue weighted by molar-refractivity contribution is -0.113. The molecule has 0 aromatic carbocycles. The van der Waals surface area contributed by atoms with Crippen LogP contribution in [0.2, 0.25) is 0 Å². The molecule has 0 spiro atoms. The third kappa shape index (κ3) is 2.76. The molecular weight excluding hydrogens is 126 g/mol.